The molecular weight excluding hydrogens is 350 g/mol. The highest BCUT2D eigenvalue weighted by atomic mass is 127. The van der Waals surface area contributed by atoms with Crippen LogP contribution in [0.5, 0.6) is 0 Å². The molecule has 0 heterocycles. The van der Waals surface area contributed by atoms with Crippen LogP contribution in [0.25, 0.3) is 0 Å². The fraction of sp³-hybridized carbons (Fsp3) is 0.143. The van der Waals surface area contributed by atoms with Crippen molar-refractivity contribution < 1.29 is 4.39 Å². The van der Waals surface area contributed by atoms with Crippen molar-refractivity contribution in [3.05, 3.63) is 69.0 Å². The fourth-order valence-electron chi connectivity index (χ4n) is 1.62. The Bertz CT molecular complexity index is 479. The van der Waals surface area contributed by atoms with Gasteiger partial charge in [0.2, 0.25) is 0 Å². The van der Waals surface area contributed by atoms with Crippen LogP contribution in [0.1, 0.15) is 16.5 Å². The van der Waals surface area contributed by atoms with Crippen molar-refractivity contribution in [1.82, 2.24) is 0 Å². The highest BCUT2D eigenvalue weighted by Gasteiger charge is 2.08. The average Bonchev–Trinajstić information content (AvgIpc) is 2.33. The van der Waals surface area contributed by atoms with E-state index in [0.29, 0.717) is 6.42 Å². The third kappa shape index (κ3) is 3.68. The Balaban J connectivity index is 2.08. The number of hydrogen-bond acceptors (Lipinski definition) is 0. The second-order valence-electron chi connectivity index (χ2n) is 3.85. The summed E-state index contributed by atoms with van der Waals surface area (Å²) in [5.41, 5.74) is 2.14. The molecule has 2 aromatic rings. The van der Waals surface area contributed by atoms with Crippen LogP contribution >= 0.6 is 34.2 Å². The van der Waals surface area contributed by atoms with Gasteiger partial charge in [-0.3, -0.25) is 0 Å². The van der Waals surface area contributed by atoms with Crippen molar-refractivity contribution in [3.63, 3.8) is 0 Å². The lowest BCUT2D eigenvalue weighted by molar-refractivity contribution is 0.627. The van der Waals surface area contributed by atoms with E-state index in [-0.39, 0.29) is 11.2 Å². The van der Waals surface area contributed by atoms with Gasteiger partial charge in [0, 0.05) is 3.57 Å². The molecule has 0 aliphatic heterocycles. The first kappa shape index (κ1) is 12.8. The zero-order valence-electron chi connectivity index (χ0n) is 9.04. The minimum Gasteiger partial charge on any atom is -0.207 e. The van der Waals surface area contributed by atoms with Crippen molar-refractivity contribution in [3.8, 4) is 0 Å². The summed E-state index contributed by atoms with van der Waals surface area (Å²) in [6.07, 6.45) is 0.711. The predicted molar refractivity (Wildman–Crippen MR) is 77.9 cm³/mol. The normalized spacial score (nSPS) is 12.4. The molecule has 2 rings (SSSR count). The van der Waals surface area contributed by atoms with Gasteiger partial charge < -0.3 is 0 Å². The quantitative estimate of drug-likeness (QED) is 0.536. The first-order valence-corrected chi connectivity index (χ1v) is 6.80. The lowest BCUT2D eigenvalue weighted by Gasteiger charge is -2.10. The number of rotatable bonds is 3. The van der Waals surface area contributed by atoms with Crippen LogP contribution in [0, 0.1) is 9.39 Å². The molecule has 0 nitrogen and oxygen atoms in total. The molecule has 0 bridgehead atoms. The third-order valence-electron chi connectivity index (χ3n) is 2.56. The molecule has 0 aliphatic carbocycles. The van der Waals surface area contributed by atoms with Gasteiger partial charge in [-0.25, -0.2) is 4.39 Å². The minimum atomic E-state index is -0.214. The van der Waals surface area contributed by atoms with E-state index < -0.39 is 0 Å². The highest BCUT2D eigenvalue weighted by molar-refractivity contribution is 14.1. The smallest absolute Gasteiger partial charge is 0.123 e. The number of hydrogen-bond donors (Lipinski definition) is 0. The summed E-state index contributed by atoms with van der Waals surface area (Å²) in [5.74, 6) is -0.214. The van der Waals surface area contributed by atoms with Gasteiger partial charge in [0.25, 0.3) is 0 Å². The van der Waals surface area contributed by atoms with Gasteiger partial charge in [-0.1, -0.05) is 24.3 Å². The number of alkyl halides is 1. The summed E-state index contributed by atoms with van der Waals surface area (Å²) in [5, 5.41) is -0.0718. The Kier molecular flexibility index (Phi) is 4.40. The van der Waals surface area contributed by atoms with Crippen LogP contribution in [0.4, 0.5) is 4.39 Å². The van der Waals surface area contributed by atoms with E-state index in [9.17, 15) is 4.39 Å². The first-order valence-electron chi connectivity index (χ1n) is 5.29. The van der Waals surface area contributed by atoms with Gasteiger partial charge in [0.1, 0.15) is 5.82 Å². The summed E-state index contributed by atoms with van der Waals surface area (Å²) in [7, 11) is 0. The Labute approximate surface area is 119 Å². The second-order valence-corrected chi connectivity index (χ2v) is 5.62. The molecule has 0 N–H and O–H groups in total. The largest absolute Gasteiger partial charge is 0.207 e. The van der Waals surface area contributed by atoms with Crippen molar-refractivity contribution in [1.29, 1.82) is 0 Å². The molecular formula is C14H11ClFI. The predicted octanol–water partition coefficient (Wildman–Crippen LogP) is 4.95. The van der Waals surface area contributed by atoms with Crippen molar-refractivity contribution >= 4 is 34.2 Å². The zero-order chi connectivity index (χ0) is 12.3. The van der Waals surface area contributed by atoms with E-state index in [1.54, 1.807) is 12.1 Å². The lowest BCUT2D eigenvalue weighted by Crippen LogP contribution is -1.96. The molecule has 0 radical (unpaired) electrons. The maximum absolute atomic E-state index is 12.8. The minimum absolute atomic E-state index is 0.0718. The summed E-state index contributed by atoms with van der Waals surface area (Å²) in [4.78, 5) is 0. The average molecular weight is 361 g/mol. The van der Waals surface area contributed by atoms with Crippen molar-refractivity contribution in [2.45, 2.75) is 11.8 Å². The molecule has 3 heteroatoms. The SMILES string of the molecule is Fc1ccc(CC(Cl)c2ccc(I)cc2)cc1. The number of halogens is 3. The Morgan fingerprint density at radius 3 is 2.18 bits per heavy atom. The lowest BCUT2D eigenvalue weighted by atomic mass is 10.0. The summed E-state index contributed by atoms with van der Waals surface area (Å²) < 4.78 is 13.9. The molecule has 2 aromatic carbocycles. The third-order valence-corrected chi connectivity index (χ3v) is 3.69. The maximum Gasteiger partial charge on any atom is 0.123 e. The van der Waals surface area contributed by atoms with Crippen LogP contribution in [0.2, 0.25) is 0 Å². The van der Waals surface area contributed by atoms with Gasteiger partial charge in [0.05, 0.1) is 5.38 Å². The molecule has 0 spiro atoms. The van der Waals surface area contributed by atoms with E-state index in [2.05, 4.69) is 22.6 Å². The van der Waals surface area contributed by atoms with Crippen LogP contribution in [0.15, 0.2) is 48.5 Å². The summed E-state index contributed by atoms with van der Waals surface area (Å²) in [6, 6.07) is 14.6. The first-order chi connectivity index (χ1) is 8.15. The summed E-state index contributed by atoms with van der Waals surface area (Å²) in [6.45, 7) is 0. The standard InChI is InChI=1S/C14H11ClFI/c15-14(11-3-7-13(17)8-4-11)9-10-1-5-12(16)6-2-10/h1-8,14H,9H2. The Morgan fingerprint density at radius 1 is 1.00 bits per heavy atom. The molecule has 0 fully saturated rings. The number of benzene rings is 2. The van der Waals surface area contributed by atoms with Crippen molar-refractivity contribution in [2.24, 2.45) is 0 Å². The summed E-state index contributed by atoms with van der Waals surface area (Å²) >= 11 is 8.60. The van der Waals surface area contributed by atoms with E-state index in [1.807, 2.05) is 24.3 Å². The van der Waals surface area contributed by atoms with Crippen molar-refractivity contribution in [2.75, 3.05) is 0 Å². The van der Waals surface area contributed by atoms with Crippen LogP contribution < -0.4 is 0 Å². The molecule has 0 saturated carbocycles. The van der Waals surface area contributed by atoms with Crippen LogP contribution in [-0.4, -0.2) is 0 Å². The Hall–Kier alpha value is -0.610. The van der Waals surface area contributed by atoms with Gasteiger partial charge >= 0.3 is 0 Å². The zero-order valence-corrected chi connectivity index (χ0v) is 12.0. The van der Waals surface area contributed by atoms with Crippen LogP contribution in [0.3, 0.4) is 0 Å². The monoisotopic (exact) mass is 360 g/mol. The van der Waals surface area contributed by atoms with Gasteiger partial charge in [-0.15, -0.1) is 11.6 Å². The van der Waals surface area contributed by atoms with E-state index in [0.717, 1.165) is 11.1 Å². The van der Waals surface area contributed by atoms with Crippen LogP contribution in [-0.2, 0) is 6.42 Å². The molecule has 0 amide bonds. The molecule has 17 heavy (non-hydrogen) atoms. The maximum atomic E-state index is 12.8. The molecule has 0 aromatic heterocycles. The molecule has 1 atom stereocenters. The van der Waals surface area contributed by atoms with Gasteiger partial charge in [-0.2, -0.15) is 0 Å². The molecule has 0 saturated heterocycles. The fourth-order valence-corrected chi connectivity index (χ4v) is 2.30. The van der Waals surface area contributed by atoms with Gasteiger partial charge in [-0.05, 0) is 64.4 Å². The highest BCUT2D eigenvalue weighted by Crippen LogP contribution is 2.25. The molecule has 0 aliphatic rings. The second kappa shape index (κ2) is 5.83. The van der Waals surface area contributed by atoms with E-state index in [4.69, 9.17) is 11.6 Å². The molecule has 1 unspecified atom stereocenters. The van der Waals surface area contributed by atoms with E-state index >= 15 is 0 Å². The Morgan fingerprint density at radius 2 is 1.59 bits per heavy atom. The molecule has 88 valence electrons. The van der Waals surface area contributed by atoms with Gasteiger partial charge in [0.15, 0.2) is 0 Å². The van der Waals surface area contributed by atoms with E-state index in [1.165, 1.54) is 15.7 Å². The topological polar surface area (TPSA) is 0 Å².